The molecule has 0 N–H and O–H groups in total. The van der Waals surface area contributed by atoms with Gasteiger partial charge in [-0.25, -0.2) is 0 Å². The molecule has 2 aromatic carbocycles. The van der Waals surface area contributed by atoms with E-state index in [0.717, 1.165) is 11.1 Å². The van der Waals surface area contributed by atoms with Crippen LogP contribution in [0.2, 0.25) is 5.02 Å². The number of hydrogen-bond acceptors (Lipinski definition) is 3. The Morgan fingerprint density at radius 3 is 2.62 bits per heavy atom. The van der Waals surface area contributed by atoms with Crippen LogP contribution >= 0.6 is 11.6 Å². The molecule has 0 radical (unpaired) electrons. The van der Waals surface area contributed by atoms with Crippen LogP contribution in [0.25, 0.3) is 0 Å². The van der Waals surface area contributed by atoms with Gasteiger partial charge in [-0.1, -0.05) is 35.4 Å². The first kappa shape index (κ1) is 15.1. The molecule has 0 aliphatic heterocycles. The maximum atomic E-state index is 12.1. The van der Waals surface area contributed by atoms with Crippen LogP contribution in [0, 0.1) is 25.2 Å². The summed E-state index contributed by atoms with van der Waals surface area (Å²) in [6.45, 7) is 3.82. The molecule has 4 heteroatoms. The van der Waals surface area contributed by atoms with Crippen LogP contribution in [0.4, 0.5) is 0 Å². The third-order valence-corrected chi connectivity index (χ3v) is 3.43. The summed E-state index contributed by atoms with van der Waals surface area (Å²) in [5, 5.41) is 9.11. The van der Waals surface area contributed by atoms with Gasteiger partial charge in [-0.3, -0.25) is 4.79 Å². The number of nitriles is 1. The Kier molecular flexibility index (Phi) is 4.62. The van der Waals surface area contributed by atoms with Crippen molar-refractivity contribution in [2.45, 2.75) is 13.8 Å². The van der Waals surface area contributed by atoms with Gasteiger partial charge in [0.1, 0.15) is 11.8 Å². The Labute approximate surface area is 128 Å². The van der Waals surface area contributed by atoms with Crippen molar-refractivity contribution in [2.75, 3.05) is 6.61 Å². The Hall–Kier alpha value is -2.31. The van der Waals surface area contributed by atoms with Crippen molar-refractivity contribution >= 4 is 17.4 Å². The third kappa shape index (κ3) is 3.62. The first-order valence-electron chi connectivity index (χ1n) is 6.44. The largest absolute Gasteiger partial charge is 0.485 e. The van der Waals surface area contributed by atoms with E-state index in [0.29, 0.717) is 21.9 Å². The molecule has 0 bridgehead atoms. The average molecular weight is 300 g/mol. The van der Waals surface area contributed by atoms with E-state index in [1.165, 1.54) is 6.07 Å². The number of benzene rings is 2. The molecule has 0 fully saturated rings. The number of carbonyl (C=O) groups is 1. The van der Waals surface area contributed by atoms with Crippen LogP contribution in [0.15, 0.2) is 36.4 Å². The summed E-state index contributed by atoms with van der Waals surface area (Å²) in [6.07, 6.45) is 0. The van der Waals surface area contributed by atoms with Gasteiger partial charge in [0, 0.05) is 11.6 Å². The maximum Gasteiger partial charge on any atom is 0.200 e. The number of ketones is 1. The van der Waals surface area contributed by atoms with Crippen molar-refractivity contribution in [3.05, 3.63) is 63.7 Å². The van der Waals surface area contributed by atoms with Gasteiger partial charge in [-0.05, 0) is 31.5 Å². The summed E-state index contributed by atoms with van der Waals surface area (Å²) in [6, 6.07) is 12.4. The molecule has 0 saturated carbocycles. The molecule has 0 atom stereocenters. The van der Waals surface area contributed by atoms with Gasteiger partial charge in [0.15, 0.2) is 12.4 Å². The number of hydrogen-bond donors (Lipinski definition) is 0. The highest BCUT2D eigenvalue weighted by atomic mass is 35.5. The normalized spacial score (nSPS) is 10.0. The van der Waals surface area contributed by atoms with Crippen LogP contribution in [-0.2, 0) is 0 Å². The summed E-state index contributed by atoms with van der Waals surface area (Å²) in [4.78, 5) is 12.1. The van der Waals surface area contributed by atoms with Gasteiger partial charge in [-0.2, -0.15) is 5.26 Å². The fourth-order valence-electron chi connectivity index (χ4n) is 2.03. The molecular weight excluding hydrogens is 286 g/mol. The number of aryl methyl sites for hydroxylation is 2. The van der Waals surface area contributed by atoms with Crippen LogP contribution in [0.5, 0.6) is 5.75 Å². The second-order valence-electron chi connectivity index (χ2n) is 4.78. The van der Waals surface area contributed by atoms with E-state index in [4.69, 9.17) is 21.6 Å². The first-order valence-corrected chi connectivity index (χ1v) is 6.82. The van der Waals surface area contributed by atoms with Crippen LogP contribution in [0.1, 0.15) is 27.0 Å². The molecule has 0 spiro atoms. The lowest BCUT2D eigenvalue weighted by Gasteiger charge is -2.08. The standard InChI is InChI=1S/C17H14ClNO2/c1-11-3-6-15(12(2)7-11)17(20)10-21-14-5-4-13(9-19)16(18)8-14/h3-8H,10H2,1-2H3. The minimum atomic E-state index is -0.0898. The first-order chi connectivity index (χ1) is 10.0. The molecule has 21 heavy (non-hydrogen) atoms. The van der Waals surface area contributed by atoms with Crippen molar-refractivity contribution in [1.82, 2.24) is 0 Å². The lowest BCUT2D eigenvalue weighted by Crippen LogP contribution is -2.13. The molecule has 0 amide bonds. The van der Waals surface area contributed by atoms with E-state index in [1.807, 2.05) is 38.1 Å². The highest BCUT2D eigenvalue weighted by Crippen LogP contribution is 2.22. The van der Waals surface area contributed by atoms with Crippen molar-refractivity contribution in [3.63, 3.8) is 0 Å². The zero-order chi connectivity index (χ0) is 15.4. The minimum absolute atomic E-state index is 0.0634. The van der Waals surface area contributed by atoms with Crippen molar-refractivity contribution < 1.29 is 9.53 Å². The third-order valence-electron chi connectivity index (χ3n) is 3.11. The topological polar surface area (TPSA) is 50.1 Å². The van der Waals surface area contributed by atoms with E-state index in [2.05, 4.69) is 0 Å². The second kappa shape index (κ2) is 6.43. The lowest BCUT2D eigenvalue weighted by molar-refractivity contribution is 0.0921. The predicted molar refractivity (Wildman–Crippen MR) is 81.9 cm³/mol. The Balaban J connectivity index is 2.07. The average Bonchev–Trinajstić information content (AvgIpc) is 2.45. The van der Waals surface area contributed by atoms with Gasteiger partial charge in [-0.15, -0.1) is 0 Å². The molecule has 0 heterocycles. The summed E-state index contributed by atoms with van der Waals surface area (Å²) < 4.78 is 5.44. The summed E-state index contributed by atoms with van der Waals surface area (Å²) >= 11 is 5.92. The molecule has 0 aliphatic carbocycles. The van der Waals surface area contributed by atoms with Gasteiger partial charge < -0.3 is 4.74 Å². The zero-order valence-electron chi connectivity index (χ0n) is 11.8. The highest BCUT2D eigenvalue weighted by molar-refractivity contribution is 6.31. The number of halogens is 1. The summed E-state index contributed by atoms with van der Waals surface area (Å²) in [7, 11) is 0. The molecule has 2 rings (SSSR count). The Morgan fingerprint density at radius 1 is 1.24 bits per heavy atom. The lowest BCUT2D eigenvalue weighted by atomic mass is 10.0. The van der Waals surface area contributed by atoms with Crippen molar-refractivity contribution in [1.29, 1.82) is 5.26 Å². The van der Waals surface area contributed by atoms with Crippen LogP contribution in [0.3, 0.4) is 0 Å². The highest BCUT2D eigenvalue weighted by Gasteiger charge is 2.10. The molecule has 106 valence electrons. The number of Topliss-reactive ketones (excluding diaryl/α,β-unsaturated/α-hetero) is 1. The molecular formula is C17H14ClNO2. The number of carbonyl (C=O) groups excluding carboxylic acids is 1. The minimum Gasteiger partial charge on any atom is -0.485 e. The van der Waals surface area contributed by atoms with E-state index >= 15 is 0 Å². The quantitative estimate of drug-likeness (QED) is 0.799. The van der Waals surface area contributed by atoms with Gasteiger partial charge in [0.25, 0.3) is 0 Å². The predicted octanol–water partition coefficient (Wildman–Crippen LogP) is 4.09. The summed E-state index contributed by atoms with van der Waals surface area (Å²) in [5.74, 6) is 0.380. The SMILES string of the molecule is Cc1ccc(C(=O)COc2ccc(C#N)c(Cl)c2)c(C)c1. The van der Waals surface area contributed by atoms with Gasteiger partial charge >= 0.3 is 0 Å². The molecule has 2 aromatic rings. The van der Waals surface area contributed by atoms with Crippen molar-refractivity contribution in [2.24, 2.45) is 0 Å². The summed E-state index contributed by atoms with van der Waals surface area (Å²) in [5.41, 5.74) is 3.08. The molecule has 0 aliphatic rings. The van der Waals surface area contributed by atoms with Gasteiger partial charge in [0.2, 0.25) is 0 Å². The number of nitrogens with zero attached hydrogens (tertiary/aromatic N) is 1. The number of ether oxygens (including phenoxy) is 1. The van der Waals surface area contributed by atoms with E-state index in [9.17, 15) is 4.79 Å². The van der Waals surface area contributed by atoms with Crippen molar-refractivity contribution in [3.8, 4) is 11.8 Å². The Bertz CT molecular complexity index is 732. The second-order valence-corrected chi connectivity index (χ2v) is 5.19. The van der Waals surface area contributed by atoms with Crippen LogP contribution in [-0.4, -0.2) is 12.4 Å². The smallest absolute Gasteiger partial charge is 0.200 e. The molecule has 0 aromatic heterocycles. The zero-order valence-corrected chi connectivity index (χ0v) is 12.6. The van der Waals surface area contributed by atoms with E-state index in [1.54, 1.807) is 12.1 Å². The fourth-order valence-corrected chi connectivity index (χ4v) is 2.24. The monoisotopic (exact) mass is 299 g/mol. The molecule has 0 unspecified atom stereocenters. The van der Waals surface area contributed by atoms with Crippen LogP contribution < -0.4 is 4.74 Å². The molecule has 3 nitrogen and oxygen atoms in total. The molecule has 0 saturated heterocycles. The maximum absolute atomic E-state index is 12.1. The Morgan fingerprint density at radius 2 is 2.00 bits per heavy atom. The number of rotatable bonds is 4. The van der Waals surface area contributed by atoms with E-state index < -0.39 is 0 Å². The fraction of sp³-hybridized carbons (Fsp3) is 0.176. The van der Waals surface area contributed by atoms with Gasteiger partial charge in [0.05, 0.1) is 10.6 Å². The van der Waals surface area contributed by atoms with E-state index in [-0.39, 0.29) is 12.4 Å².